The fourth-order valence-electron chi connectivity index (χ4n) is 2.30. The van der Waals surface area contributed by atoms with Gasteiger partial charge in [-0.1, -0.05) is 20.8 Å². The van der Waals surface area contributed by atoms with Gasteiger partial charge in [-0.25, -0.2) is 4.98 Å². The van der Waals surface area contributed by atoms with E-state index < -0.39 is 0 Å². The number of aryl methyl sites for hydroxylation is 1. The lowest BCUT2D eigenvalue weighted by Gasteiger charge is -2.26. The highest BCUT2D eigenvalue weighted by Crippen LogP contribution is 2.26. The van der Waals surface area contributed by atoms with Crippen LogP contribution in [-0.2, 0) is 30.2 Å². The molecule has 126 valence electrons. The third-order valence-electron chi connectivity index (χ3n) is 3.58. The third-order valence-corrected chi connectivity index (χ3v) is 4.90. The molecule has 0 atom stereocenters. The van der Waals surface area contributed by atoms with E-state index >= 15 is 0 Å². The van der Waals surface area contributed by atoms with Crippen molar-refractivity contribution in [1.82, 2.24) is 19.7 Å². The molecule has 2 aromatic rings. The number of carbonyl (C=O) groups excluding carboxylic acids is 1. The molecule has 5 nitrogen and oxygen atoms in total. The van der Waals surface area contributed by atoms with Crippen molar-refractivity contribution in [1.29, 1.82) is 0 Å². The van der Waals surface area contributed by atoms with Crippen molar-refractivity contribution in [3.8, 4) is 0 Å². The van der Waals surface area contributed by atoms with Gasteiger partial charge in [-0.3, -0.25) is 9.48 Å². The second-order valence-electron chi connectivity index (χ2n) is 7.21. The highest BCUT2D eigenvalue weighted by Gasteiger charge is 2.22. The zero-order chi connectivity index (χ0) is 17.2. The highest BCUT2D eigenvalue weighted by atomic mass is 32.1. The van der Waals surface area contributed by atoms with E-state index in [9.17, 15) is 4.79 Å². The van der Waals surface area contributed by atoms with Gasteiger partial charge in [-0.2, -0.15) is 5.10 Å². The molecule has 0 aliphatic heterocycles. The number of rotatable bonds is 5. The molecule has 2 aromatic heterocycles. The van der Waals surface area contributed by atoms with Crippen molar-refractivity contribution in [3.63, 3.8) is 0 Å². The molecule has 0 unspecified atom stereocenters. The Labute approximate surface area is 142 Å². The molecule has 2 rings (SSSR count). The summed E-state index contributed by atoms with van der Waals surface area (Å²) in [5, 5.41) is 7.24. The van der Waals surface area contributed by atoms with Crippen LogP contribution in [0.1, 0.15) is 50.9 Å². The van der Waals surface area contributed by atoms with E-state index in [2.05, 4.69) is 30.9 Å². The Kier molecular flexibility index (Phi) is 5.24. The van der Waals surface area contributed by atoms with Gasteiger partial charge in [0.25, 0.3) is 0 Å². The molecule has 0 fully saturated rings. The Morgan fingerprint density at radius 3 is 2.57 bits per heavy atom. The summed E-state index contributed by atoms with van der Waals surface area (Å²) in [5.41, 5.74) is 1.93. The first kappa shape index (κ1) is 17.7. The van der Waals surface area contributed by atoms with Crippen LogP contribution in [0, 0.1) is 0 Å². The molecule has 0 aromatic carbocycles. The minimum Gasteiger partial charge on any atom is -0.335 e. The average molecular weight is 334 g/mol. The molecule has 0 saturated heterocycles. The summed E-state index contributed by atoms with van der Waals surface area (Å²) in [7, 11) is 1.88. The van der Waals surface area contributed by atoms with E-state index in [0.29, 0.717) is 13.0 Å². The molecule has 0 N–H and O–H groups in total. The normalized spacial score (nSPS) is 12.0. The van der Waals surface area contributed by atoms with Gasteiger partial charge in [0, 0.05) is 42.2 Å². The van der Waals surface area contributed by atoms with E-state index in [0.717, 1.165) is 16.3 Å². The van der Waals surface area contributed by atoms with Crippen LogP contribution in [0.4, 0.5) is 0 Å². The Hall–Kier alpha value is -1.69. The van der Waals surface area contributed by atoms with E-state index in [1.807, 2.05) is 43.6 Å². The summed E-state index contributed by atoms with van der Waals surface area (Å²) in [6, 6.07) is 0.142. The molecule has 1 amide bonds. The van der Waals surface area contributed by atoms with Crippen molar-refractivity contribution >= 4 is 17.2 Å². The van der Waals surface area contributed by atoms with Crippen molar-refractivity contribution < 1.29 is 4.79 Å². The lowest BCUT2D eigenvalue weighted by Crippen LogP contribution is -2.37. The molecule has 6 heteroatoms. The Morgan fingerprint density at radius 1 is 1.39 bits per heavy atom. The molecule has 0 spiro atoms. The molecule has 0 aliphatic rings. The van der Waals surface area contributed by atoms with Crippen LogP contribution >= 0.6 is 11.3 Å². The SMILES string of the molecule is CC(C)N(Cc1cnn(C)c1)C(=O)Cc1csc(C(C)(C)C)n1. The zero-order valence-corrected chi connectivity index (χ0v) is 15.6. The van der Waals surface area contributed by atoms with Gasteiger partial charge in [0.15, 0.2) is 0 Å². The smallest absolute Gasteiger partial charge is 0.229 e. The van der Waals surface area contributed by atoms with Gasteiger partial charge in [-0.15, -0.1) is 11.3 Å². The van der Waals surface area contributed by atoms with Gasteiger partial charge in [-0.05, 0) is 13.8 Å². The van der Waals surface area contributed by atoms with Crippen molar-refractivity contribution in [3.05, 3.63) is 34.0 Å². The molecule has 0 saturated carbocycles. The van der Waals surface area contributed by atoms with Crippen LogP contribution in [-0.4, -0.2) is 31.6 Å². The third kappa shape index (κ3) is 4.64. The molecule has 23 heavy (non-hydrogen) atoms. The molecule has 0 bridgehead atoms. The summed E-state index contributed by atoms with van der Waals surface area (Å²) in [5.74, 6) is 0.106. The lowest BCUT2D eigenvalue weighted by molar-refractivity contribution is -0.132. The van der Waals surface area contributed by atoms with Crippen LogP contribution in [0.3, 0.4) is 0 Å². The fourth-order valence-corrected chi connectivity index (χ4v) is 3.21. The average Bonchev–Trinajstić information content (AvgIpc) is 3.04. The fraction of sp³-hybridized carbons (Fsp3) is 0.588. The van der Waals surface area contributed by atoms with Gasteiger partial charge in [0.05, 0.1) is 23.3 Å². The van der Waals surface area contributed by atoms with Crippen LogP contribution < -0.4 is 0 Å². The maximum absolute atomic E-state index is 12.7. The summed E-state index contributed by atoms with van der Waals surface area (Å²) in [6.45, 7) is 11.1. The van der Waals surface area contributed by atoms with E-state index in [1.165, 1.54) is 0 Å². The van der Waals surface area contributed by atoms with E-state index in [-0.39, 0.29) is 17.4 Å². The number of hydrogen-bond donors (Lipinski definition) is 0. The predicted molar refractivity (Wildman–Crippen MR) is 93.4 cm³/mol. The maximum atomic E-state index is 12.7. The summed E-state index contributed by atoms with van der Waals surface area (Å²) < 4.78 is 1.76. The topological polar surface area (TPSA) is 51.0 Å². The second kappa shape index (κ2) is 6.83. The molecule has 0 aliphatic carbocycles. The van der Waals surface area contributed by atoms with Crippen LogP contribution in [0.5, 0.6) is 0 Å². The Balaban J connectivity index is 2.08. The second-order valence-corrected chi connectivity index (χ2v) is 8.07. The first-order chi connectivity index (χ1) is 10.7. The van der Waals surface area contributed by atoms with Gasteiger partial charge < -0.3 is 4.90 Å². The highest BCUT2D eigenvalue weighted by molar-refractivity contribution is 7.09. The molecular formula is C17H26N4OS. The Morgan fingerprint density at radius 2 is 2.09 bits per heavy atom. The number of carbonyl (C=O) groups is 1. The van der Waals surface area contributed by atoms with Crippen molar-refractivity contribution in [2.45, 2.75) is 59.0 Å². The van der Waals surface area contributed by atoms with Gasteiger partial charge >= 0.3 is 0 Å². The zero-order valence-electron chi connectivity index (χ0n) is 14.8. The Bertz CT molecular complexity index is 666. The van der Waals surface area contributed by atoms with Gasteiger partial charge in [0.2, 0.25) is 5.91 Å². The maximum Gasteiger partial charge on any atom is 0.229 e. The summed E-state index contributed by atoms with van der Waals surface area (Å²) >= 11 is 1.63. The lowest BCUT2D eigenvalue weighted by atomic mass is 9.98. The number of aromatic nitrogens is 3. The van der Waals surface area contributed by atoms with Gasteiger partial charge in [0.1, 0.15) is 0 Å². The minimum absolute atomic E-state index is 0.0272. The summed E-state index contributed by atoms with van der Waals surface area (Å²) in [4.78, 5) is 19.2. The summed E-state index contributed by atoms with van der Waals surface area (Å²) in [6.07, 6.45) is 4.11. The largest absolute Gasteiger partial charge is 0.335 e. The van der Waals surface area contributed by atoms with Crippen molar-refractivity contribution in [2.24, 2.45) is 7.05 Å². The quantitative estimate of drug-likeness (QED) is 0.844. The van der Waals surface area contributed by atoms with Crippen molar-refractivity contribution in [2.75, 3.05) is 0 Å². The number of nitrogens with zero attached hydrogens (tertiary/aromatic N) is 4. The first-order valence-electron chi connectivity index (χ1n) is 7.88. The number of amides is 1. The first-order valence-corrected chi connectivity index (χ1v) is 8.76. The van der Waals surface area contributed by atoms with E-state index in [4.69, 9.17) is 0 Å². The van der Waals surface area contributed by atoms with E-state index in [1.54, 1.807) is 16.0 Å². The monoisotopic (exact) mass is 334 g/mol. The number of thiazole rings is 1. The minimum atomic E-state index is 0.0272. The van der Waals surface area contributed by atoms with Crippen LogP contribution in [0.15, 0.2) is 17.8 Å². The molecule has 2 heterocycles. The standard InChI is InChI=1S/C17H26N4OS/c1-12(2)21(10-13-8-18-20(6)9-13)15(22)7-14-11-23-16(19-14)17(3,4)5/h8-9,11-12H,7,10H2,1-6H3. The predicted octanol–water partition coefficient (Wildman–Crippen LogP) is 3.15. The molecule has 0 radical (unpaired) electrons. The van der Waals surface area contributed by atoms with Crippen LogP contribution in [0.25, 0.3) is 0 Å². The molecular weight excluding hydrogens is 308 g/mol. The number of hydrogen-bond acceptors (Lipinski definition) is 4. The van der Waals surface area contributed by atoms with Crippen LogP contribution in [0.2, 0.25) is 0 Å².